The van der Waals surface area contributed by atoms with Crippen molar-refractivity contribution in [2.75, 3.05) is 18.8 Å². The summed E-state index contributed by atoms with van der Waals surface area (Å²) in [6.07, 6.45) is 1.03. The Kier molecular flexibility index (Phi) is 5.01. The van der Waals surface area contributed by atoms with Crippen LogP contribution in [0.3, 0.4) is 0 Å². The number of carboxylic acids is 1. The Balaban J connectivity index is 2.88. The first-order valence-electron chi connectivity index (χ1n) is 6.76. The van der Waals surface area contributed by atoms with E-state index in [0.717, 1.165) is 0 Å². The molecular weight excluding hydrogens is 266 g/mol. The largest absolute Gasteiger partial charge is 0.480 e. The Hall–Kier alpha value is -0.620. The van der Waals surface area contributed by atoms with Gasteiger partial charge >= 0.3 is 5.97 Å². The van der Waals surface area contributed by atoms with Crippen LogP contribution in [0.5, 0.6) is 0 Å². The van der Waals surface area contributed by atoms with Gasteiger partial charge in [-0.25, -0.2) is 8.42 Å². The molecule has 0 aromatic carbocycles. The third-order valence-electron chi connectivity index (χ3n) is 3.91. The quantitative estimate of drug-likeness (QED) is 0.847. The summed E-state index contributed by atoms with van der Waals surface area (Å²) in [4.78, 5) is 13.2. The SMILES string of the molecule is CC(C)CC(C(=O)O)N1CCC(C)(C)S(=O)(=O)CC1. The molecule has 1 unspecified atom stereocenters. The van der Waals surface area contributed by atoms with Crippen LogP contribution in [0.2, 0.25) is 0 Å². The minimum atomic E-state index is -3.15. The number of hydrogen-bond donors (Lipinski definition) is 1. The Morgan fingerprint density at radius 3 is 2.37 bits per heavy atom. The van der Waals surface area contributed by atoms with Gasteiger partial charge in [0.15, 0.2) is 9.84 Å². The molecule has 0 saturated carbocycles. The van der Waals surface area contributed by atoms with Gasteiger partial charge in [0.25, 0.3) is 0 Å². The first kappa shape index (κ1) is 16.4. The lowest BCUT2D eigenvalue weighted by Crippen LogP contribution is -2.43. The van der Waals surface area contributed by atoms with Crippen LogP contribution in [0.1, 0.15) is 40.5 Å². The van der Waals surface area contributed by atoms with Gasteiger partial charge in [0, 0.05) is 13.1 Å². The van der Waals surface area contributed by atoms with Gasteiger partial charge in [0.1, 0.15) is 6.04 Å². The summed E-state index contributed by atoms with van der Waals surface area (Å²) in [6, 6.07) is -0.580. The van der Waals surface area contributed by atoms with E-state index in [1.165, 1.54) is 0 Å². The van der Waals surface area contributed by atoms with Gasteiger partial charge in [-0.2, -0.15) is 0 Å². The molecule has 0 spiro atoms. The molecule has 19 heavy (non-hydrogen) atoms. The summed E-state index contributed by atoms with van der Waals surface area (Å²) in [7, 11) is -3.15. The number of sulfone groups is 1. The van der Waals surface area contributed by atoms with Crippen LogP contribution in [-0.2, 0) is 14.6 Å². The average Bonchev–Trinajstić information content (AvgIpc) is 2.34. The van der Waals surface area contributed by atoms with Crippen LogP contribution in [0.4, 0.5) is 0 Å². The maximum Gasteiger partial charge on any atom is 0.320 e. The van der Waals surface area contributed by atoms with Crippen molar-refractivity contribution in [2.24, 2.45) is 5.92 Å². The Bertz CT molecular complexity index is 428. The van der Waals surface area contributed by atoms with Crippen LogP contribution in [0.15, 0.2) is 0 Å². The van der Waals surface area contributed by atoms with E-state index in [-0.39, 0.29) is 11.7 Å². The van der Waals surface area contributed by atoms with Crippen LogP contribution < -0.4 is 0 Å². The molecule has 1 aliphatic heterocycles. The lowest BCUT2D eigenvalue weighted by Gasteiger charge is -2.28. The van der Waals surface area contributed by atoms with E-state index in [2.05, 4.69) is 0 Å². The van der Waals surface area contributed by atoms with Crippen LogP contribution >= 0.6 is 0 Å². The van der Waals surface area contributed by atoms with Crippen molar-refractivity contribution >= 4 is 15.8 Å². The number of carboxylic acid groups (broad SMARTS) is 1. The predicted molar refractivity (Wildman–Crippen MR) is 74.9 cm³/mol. The van der Waals surface area contributed by atoms with E-state index in [1.54, 1.807) is 13.8 Å². The molecule has 0 radical (unpaired) electrons. The minimum absolute atomic E-state index is 0.0435. The van der Waals surface area contributed by atoms with Crippen LogP contribution in [-0.4, -0.2) is 54.0 Å². The van der Waals surface area contributed by atoms with Crippen molar-refractivity contribution in [1.82, 2.24) is 4.90 Å². The second-order valence-electron chi connectivity index (χ2n) is 6.35. The van der Waals surface area contributed by atoms with Gasteiger partial charge in [0.2, 0.25) is 0 Å². The predicted octanol–water partition coefficient (Wildman–Crippen LogP) is 1.38. The van der Waals surface area contributed by atoms with Gasteiger partial charge in [0.05, 0.1) is 10.5 Å². The van der Waals surface area contributed by atoms with E-state index >= 15 is 0 Å². The molecule has 1 fully saturated rings. The number of hydrogen-bond acceptors (Lipinski definition) is 4. The molecule has 0 aliphatic carbocycles. The molecule has 5 nitrogen and oxygen atoms in total. The minimum Gasteiger partial charge on any atom is -0.480 e. The van der Waals surface area contributed by atoms with Gasteiger partial charge in [-0.1, -0.05) is 13.8 Å². The molecule has 1 N–H and O–H groups in total. The summed E-state index contributed by atoms with van der Waals surface area (Å²) in [5.41, 5.74) is 0. The standard InChI is InChI=1S/C13H25NO4S/c1-10(2)9-11(12(15)16)14-6-5-13(3,4)19(17,18)8-7-14/h10-11H,5-9H2,1-4H3,(H,15,16). The highest BCUT2D eigenvalue weighted by Gasteiger charge is 2.39. The zero-order chi connectivity index (χ0) is 14.8. The molecule has 0 amide bonds. The fraction of sp³-hybridized carbons (Fsp3) is 0.923. The van der Waals surface area contributed by atoms with Crippen molar-refractivity contribution < 1.29 is 18.3 Å². The van der Waals surface area contributed by atoms with Crippen molar-refractivity contribution in [3.63, 3.8) is 0 Å². The normalized spacial score (nSPS) is 24.9. The summed E-state index contributed by atoms with van der Waals surface area (Å²) >= 11 is 0. The Labute approximate surface area is 115 Å². The van der Waals surface area contributed by atoms with Gasteiger partial charge in [-0.05, 0) is 32.6 Å². The molecule has 1 rings (SSSR count). The van der Waals surface area contributed by atoms with Gasteiger partial charge < -0.3 is 5.11 Å². The topological polar surface area (TPSA) is 74.7 Å². The molecule has 0 bridgehead atoms. The Morgan fingerprint density at radius 2 is 1.89 bits per heavy atom. The summed E-state index contributed by atoms with van der Waals surface area (Å²) in [6.45, 7) is 8.25. The lowest BCUT2D eigenvalue weighted by molar-refractivity contribution is -0.143. The third-order valence-corrected chi connectivity index (χ3v) is 6.52. The second-order valence-corrected chi connectivity index (χ2v) is 9.09. The highest BCUT2D eigenvalue weighted by molar-refractivity contribution is 7.92. The van der Waals surface area contributed by atoms with E-state index in [4.69, 9.17) is 0 Å². The lowest BCUT2D eigenvalue weighted by atomic mass is 10.0. The molecule has 112 valence electrons. The maximum atomic E-state index is 12.1. The summed E-state index contributed by atoms with van der Waals surface area (Å²) < 4.78 is 23.5. The highest BCUT2D eigenvalue weighted by Crippen LogP contribution is 2.27. The molecule has 6 heteroatoms. The van der Waals surface area contributed by atoms with Crippen molar-refractivity contribution in [2.45, 2.75) is 51.3 Å². The fourth-order valence-corrected chi connectivity index (χ4v) is 3.79. The van der Waals surface area contributed by atoms with Crippen molar-refractivity contribution in [3.05, 3.63) is 0 Å². The fourth-order valence-electron chi connectivity index (χ4n) is 2.36. The second kappa shape index (κ2) is 5.79. The Morgan fingerprint density at radius 1 is 1.32 bits per heavy atom. The molecule has 1 atom stereocenters. The molecule has 1 aliphatic rings. The molecule has 1 saturated heterocycles. The maximum absolute atomic E-state index is 12.1. The van der Waals surface area contributed by atoms with Crippen molar-refractivity contribution in [1.29, 1.82) is 0 Å². The van der Waals surface area contributed by atoms with Gasteiger partial charge in [-0.15, -0.1) is 0 Å². The smallest absolute Gasteiger partial charge is 0.320 e. The van der Waals surface area contributed by atoms with Crippen LogP contribution in [0, 0.1) is 5.92 Å². The van der Waals surface area contributed by atoms with E-state index in [1.807, 2.05) is 18.7 Å². The zero-order valence-corrected chi connectivity index (χ0v) is 13.0. The summed E-state index contributed by atoms with van der Waals surface area (Å²) in [5, 5.41) is 9.34. The third kappa shape index (κ3) is 3.92. The number of nitrogens with zero attached hydrogens (tertiary/aromatic N) is 1. The van der Waals surface area contributed by atoms with E-state index in [9.17, 15) is 18.3 Å². The van der Waals surface area contributed by atoms with E-state index < -0.39 is 26.6 Å². The monoisotopic (exact) mass is 291 g/mol. The number of rotatable bonds is 4. The summed E-state index contributed by atoms with van der Waals surface area (Å²) in [5.74, 6) is -0.540. The first-order chi connectivity index (χ1) is 8.57. The number of aliphatic carboxylic acids is 1. The first-order valence-corrected chi connectivity index (χ1v) is 8.41. The van der Waals surface area contributed by atoms with Crippen LogP contribution in [0.25, 0.3) is 0 Å². The van der Waals surface area contributed by atoms with Crippen molar-refractivity contribution in [3.8, 4) is 0 Å². The molecule has 1 heterocycles. The highest BCUT2D eigenvalue weighted by atomic mass is 32.2. The molecular formula is C13H25NO4S. The molecule has 0 aromatic heterocycles. The molecule has 0 aromatic rings. The van der Waals surface area contributed by atoms with E-state index in [0.29, 0.717) is 25.9 Å². The zero-order valence-electron chi connectivity index (χ0n) is 12.2. The number of carbonyl (C=O) groups is 1. The van der Waals surface area contributed by atoms with Gasteiger partial charge in [-0.3, -0.25) is 9.69 Å². The average molecular weight is 291 g/mol.